The molecule has 0 spiro atoms. The zero-order valence-electron chi connectivity index (χ0n) is 27.0. The largest absolute Gasteiger partial charge is 0.496 e. The first-order chi connectivity index (χ1) is 22.0. The number of carbonyl (C=O) groups excluding carboxylic acids is 2. The van der Waals surface area contributed by atoms with Crippen LogP contribution in [-0.4, -0.2) is 70.1 Å². The molecule has 46 heavy (non-hydrogen) atoms. The second kappa shape index (κ2) is 12.7. The van der Waals surface area contributed by atoms with E-state index in [0.717, 1.165) is 46.4 Å². The molecule has 2 fully saturated rings. The molecule has 1 aromatic carbocycles. The lowest BCUT2D eigenvalue weighted by atomic mass is 9.93. The van der Waals surface area contributed by atoms with Crippen molar-refractivity contribution in [3.05, 3.63) is 47.0 Å². The number of thiazole rings is 1. The number of methoxy groups -OCH3 is 1. The number of aliphatic carboxylic acids is 1. The Bertz CT molecular complexity index is 1700. The van der Waals surface area contributed by atoms with Crippen molar-refractivity contribution in [1.82, 2.24) is 20.2 Å². The van der Waals surface area contributed by atoms with E-state index in [2.05, 4.69) is 19.2 Å². The first-order valence-corrected chi connectivity index (χ1v) is 17.0. The summed E-state index contributed by atoms with van der Waals surface area (Å²) in [5.41, 5.74) is 1.94. The summed E-state index contributed by atoms with van der Waals surface area (Å²) in [5, 5.41) is 16.6. The lowest BCUT2D eigenvalue weighted by Gasteiger charge is -2.26. The van der Waals surface area contributed by atoms with E-state index < -0.39 is 35.4 Å². The summed E-state index contributed by atoms with van der Waals surface area (Å²) in [7, 11) is 3.41. The number of carboxylic acids is 1. The second-order valence-corrected chi connectivity index (χ2v) is 14.1. The number of fused-ring (bicyclic) bond motifs is 3. The fourth-order valence-corrected chi connectivity index (χ4v) is 7.79. The highest BCUT2D eigenvalue weighted by Crippen LogP contribution is 2.47. The predicted octanol–water partition coefficient (Wildman–Crippen LogP) is 5.73. The highest BCUT2D eigenvalue weighted by Gasteiger charge is 2.61. The molecule has 5 atom stereocenters. The quantitative estimate of drug-likeness (QED) is 0.325. The number of benzene rings is 1. The zero-order valence-corrected chi connectivity index (χ0v) is 27.9. The van der Waals surface area contributed by atoms with Gasteiger partial charge in [-0.25, -0.2) is 14.8 Å². The van der Waals surface area contributed by atoms with Crippen LogP contribution in [-0.2, 0) is 14.4 Å². The molecule has 2 N–H and O–H groups in total. The van der Waals surface area contributed by atoms with E-state index in [-0.39, 0.29) is 24.2 Å². The molecular formula is C35H42N4O6S. The summed E-state index contributed by atoms with van der Waals surface area (Å²) >= 11 is 1.53. The number of aromatic nitrogens is 2. The number of rotatable bonds is 6. The van der Waals surface area contributed by atoms with Gasteiger partial charge in [-0.3, -0.25) is 9.59 Å². The SMILES string of the molecule is COc1ccc2c(OC3C[C@H]4C(=O)N[C@]5(C(=O)O)C[C@H]5C=CCCCCN(C)C(=O)[C@@H]4C3)cc(-c3nc(C(C)C)cs3)nc2c1C. The summed E-state index contributed by atoms with van der Waals surface area (Å²) in [6.45, 7) is 6.75. The fraction of sp³-hybridized carbons (Fsp3) is 0.514. The van der Waals surface area contributed by atoms with E-state index >= 15 is 0 Å². The van der Waals surface area contributed by atoms with Crippen LogP contribution < -0.4 is 14.8 Å². The van der Waals surface area contributed by atoms with E-state index in [1.807, 2.05) is 42.7 Å². The Hall–Kier alpha value is -3.99. The smallest absolute Gasteiger partial charge is 0.330 e. The number of pyridine rings is 1. The third kappa shape index (κ3) is 5.97. The number of carboxylic acid groups (broad SMARTS) is 1. The number of carbonyl (C=O) groups is 3. The lowest BCUT2D eigenvalue weighted by Crippen LogP contribution is -2.49. The predicted molar refractivity (Wildman–Crippen MR) is 176 cm³/mol. The van der Waals surface area contributed by atoms with Gasteiger partial charge in [0.05, 0.1) is 30.2 Å². The van der Waals surface area contributed by atoms with Gasteiger partial charge in [-0.2, -0.15) is 0 Å². The van der Waals surface area contributed by atoms with Crippen molar-refractivity contribution in [2.24, 2.45) is 17.8 Å². The van der Waals surface area contributed by atoms with Crippen LogP contribution in [0.3, 0.4) is 0 Å². The van der Waals surface area contributed by atoms with Gasteiger partial charge in [0.2, 0.25) is 11.8 Å². The van der Waals surface area contributed by atoms with Crippen molar-refractivity contribution < 1.29 is 29.0 Å². The summed E-state index contributed by atoms with van der Waals surface area (Å²) in [5.74, 6) is -1.58. The minimum atomic E-state index is -1.33. The van der Waals surface area contributed by atoms with E-state index in [0.29, 0.717) is 36.6 Å². The Morgan fingerprint density at radius 1 is 1.15 bits per heavy atom. The van der Waals surface area contributed by atoms with Gasteiger partial charge >= 0.3 is 5.97 Å². The summed E-state index contributed by atoms with van der Waals surface area (Å²) in [6, 6.07) is 5.70. The highest BCUT2D eigenvalue weighted by molar-refractivity contribution is 7.13. The minimum absolute atomic E-state index is 0.111. The number of nitrogens with one attached hydrogen (secondary N) is 1. The second-order valence-electron chi connectivity index (χ2n) is 13.2. The van der Waals surface area contributed by atoms with Gasteiger partial charge < -0.3 is 24.8 Å². The fourth-order valence-electron chi connectivity index (χ4n) is 6.85. The maximum Gasteiger partial charge on any atom is 0.330 e. The first kappa shape index (κ1) is 32.0. The van der Waals surface area contributed by atoms with Crippen LogP contribution in [0.5, 0.6) is 11.5 Å². The Kier molecular flexibility index (Phi) is 8.80. The molecule has 11 heteroatoms. The molecule has 3 heterocycles. The number of amides is 2. The average molecular weight is 647 g/mol. The van der Waals surface area contributed by atoms with Gasteiger partial charge in [-0.15, -0.1) is 11.3 Å². The molecule has 0 saturated heterocycles. The van der Waals surface area contributed by atoms with Crippen molar-refractivity contribution in [3.8, 4) is 22.2 Å². The van der Waals surface area contributed by atoms with Crippen molar-refractivity contribution >= 4 is 40.0 Å². The number of aryl methyl sites for hydroxylation is 1. The topological polar surface area (TPSA) is 131 Å². The van der Waals surface area contributed by atoms with E-state index in [9.17, 15) is 19.5 Å². The summed E-state index contributed by atoms with van der Waals surface area (Å²) in [6.07, 6.45) is 6.97. The summed E-state index contributed by atoms with van der Waals surface area (Å²) in [4.78, 5) is 51.5. The molecule has 0 bridgehead atoms. The van der Waals surface area contributed by atoms with Gasteiger partial charge in [0, 0.05) is 41.9 Å². The van der Waals surface area contributed by atoms with Crippen LogP contribution in [0.15, 0.2) is 35.7 Å². The van der Waals surface area contributed by atoms with Gasteiger partial charge in [-0.05, 0) is 63.5 Å². The number of nitrogens with zero attached hydrogens (tertiary/aromatic N) is 3. The molecule has 3 aliphatic rings. The Balaban J connectivity index is 1.35. The highest BCUT2D eigenvalue weighted by atomic mass is 32.1. The van der Waals surface area contributed by atoms with Crippen LogP contribution in [0.2, 0.25) is 0 Å². The Labute approximate surface area is 273 Å². The van der Waals surface area contributed by atoms with Crippen LogP contribution in [0.1, 0.15) is 69.5 Å². The van der Waals surface area contributed by atoms with Gasteiger partial charge in [-0.1, -0.05) is 26.0 Å². The molecule has 2 aromatic heterocycles. The maximum atomic E-state index is 13.8. The molecule has 0 radical (unpaired) electrons. The maximum absolute atomic E-state index is 13.8. The van der Waals surface area contributed by atoms with Crippen molar-refractivity contribution in [1.29, 1.82) is 0 Å². The summed E-state index contributed by atoms with van der Waals surface area (Å²) < 4.78 is 12.3. The molecule has 6 rings (SSSR count). The normalized spacial score (nSPS) is 26.8. The Morgan fingerprint density at radius 2 is 1.93 bits per heavy atom. The van der Waals surface area contributed by atoms with Crippen LogP contribution in [0.25, 0.3) is 21.6 Å². The van der Waals surface area contributed by atoms with Gasteiger partial charge in [0.15, 0.2) is 0 Å². The molecular weight excluding hydrogens is 604 g/mol. The molecule has 2 amide bonds. The number of hydrogen-bond acceptors (Lipinski definition) is 8. The number of hydrogen-bond donors (Lipinski definition) is 2. The average Bonchev–Trinajstić information content (AvgIpc) is 3.33. The monoisotopic (exact) mass is 646 g/mol. The number of ether oxygens (including phenoxy) is 2. The third-order valence-electron chi connectivity index (χ3n) is 9.77. The third-order valence-corrected chi connectivity index (χ3v) is 10.7. The molecule has 2 saturated carbocycles. The van der Waals surface area contributed by atoms with Crippen LogP contribution in [0.4, 0.5) is 0 Å². The molecule has 2 aliphatic carbocycles. The van der Waals surface area contributed by atoms with Crippen molar-refractivity contribution in [3.63, 3.8) is 0 Å². The standard InChI is InChI=1S/C35H42N4O6S/c1-19(2)27-18-46-32(37-27)26-16-29(23-11-12-28(44-5)20(3)30(23)36-26)45-22-14-24-25(15-22)33(41)39(4)13-9-7-6-8-10-21-17-35(21,34(42)43)38-31(24)40/h8,10-12,16,18-19,21-22,24-25H,6-7,9,13-15,17H2,1-5H3,(H,38,40)(H,42,43)/t21-,22?,24-,25-,35-/m1/s1. The van der Waals surface area contributed by atoms with E-state index in [1.165, 1.54) is 11.3 Å². The zero-order chi connectivity index (χ0) is 32.7. The van der Waals surface area contributed by atoms with Crippen LogP contribution >= 0.6 is 11.3 Å². The molecule has 244 valence electrons. The van der Waals surface area contributed by atoms with E-state index in [4.69, 9.17) is 19.4 Å². The van der Waals surface area contributed by atoms with Gasteiger partial charge in [0.25, 0.3) is 0 Å². The van der Waals surface area contributed by atoms with Crippen molar-refractivity contribution in [2.75, 3.05) is 20.7 Å². The number of allylic oxidation sites excluding steroid dienone is 1. The molecule has 1 unspecified atom stereocenters. The molecule has 10 nitrogen and oxygen atoms in total. The molecule has 3 aromatic rings. The Morgan fingerprint density at radius 3 is 2.65 bits per heavy atom. The van der Waals surface area contributed by atoms with E-state index in [1.54, 1.807) is 19.1 Å². The first-order valence-electron chi connectivity index (χ1n) is 16.1. The van der Waals surface area contributed by atoms with Crippen LogP contribution in [0, 0.1) is 24.7 Å². The van der Waals surface area contributed by atoms with Crippen molar-refractivity contribution in [2.45, 2.75) is 76.9 Å². The lowest BCUT2D eigenvalue weighted by molar-refractivity contribution is -0.145. The minimum Gasteiger partial charge on any atom is -0.496 e. The van der Waals surface area contributed by atoms with Gasteiger partial charge in [0.1, 0.15) is 33.8 Å². The molecule has 1 aliphatic heterocycles.